The summed E-state index contributed by atoms with van der Waals surface area (Å²) in [7, 11) is 0. The van der Waals surface area contributed by atoms with Gasteiger partial charge in [0, 0.05) is 44.1 Å². The van der Waals surface area contributed by atoms with Gasteiger partial charge in [0.15, 0.2) is 0 Å². The molecule has 0 bridgehead atoms. The fourth-order valence-electron chi connectivity index (χ4n) is 13.1. The van der Waals surface area contributed by atoms with Crippen LogP contribution in [0.25, 0.3) is 0 Å². The average Bonchev–Trinajstić information content (AvgIpc) is 0.878. The lowest BCUT2D eigenvalue weighted by Gasteiger charge is -2.24. The number of nitrogens with one attached hydrogen (secondary N) is 7. The molecule has 0 saturated heterocycles. The molecule has 4 atom stereocenters. The van der Waals surface area contributed by atoms with Crippen LogP contribution >= 0.6 is 0 Å². The van der Waals surface area contributed by atoms with Crippen LogP contribution in [-0.2, 0) is 33.6 Å². The van der Waals surface area contributed by atoms with Crippen LogP contribution in [0.15, 0.2) is 20.4 Å². The zero-order chi connectivity index (χ0) is 76.6. The Hall–Kier alpha value is -5.11. The monoisotopic (exact) mass is 1480 g/mol. The third-order valence-corrected chi connectivity index (χ3v) is 20.0. The van der Waals surface area contributed by atoms with Crippen LogP contribution in [0.4, 0.5) is 0 Å². The number of nitrogens with two attached hydrogens (primary N) is 2. The number of unbranched alkanes of at least 4 members (excludes halogenated alkanes) is 53. The van der Waals surface area contributed by atoms with E-state index in [0.717, 1.165) is 70.6 Å². The van der Waals surface area contributed by atoms with Gasteiger partial charge in [-0.25, -0.2) is 21.7 Å². The lowest BCUT2D eigenvalue weighted by Crippen LogP contribution is -2.56. The van der Waals surface area contributed by atoms with E-state index in [0.29, 0.717) is 38.6 Å². The Bertz CT molecular complexity index is 2170. The van der Waals surface area contributed by atoms with Crippen molar-refractivity contribution >= 4 is 66.2 Å². The van der Waals surface area contributed by atoms with E-state index >= 15 is 0 Å². The van der Waals surface area contributed by atoms with Gasteiger partial charge in [-0.2, -0.15) is 20.4 Å². The van der Waals surface area contributed by atoms with Gasteiger partial charge in [-0.3, -0.25) is 33.6 Å². The highest BCUT2D eigenvalue weighted by atomic mass is 16.2. The highest BCUT2D eigenvalue weighted by Gasteiger charge is 2.30. The van der Waals surface area contributed by atoms with Gasteiger partial charge in [0.2, 0.25) is 29.5 Å². The van der Waals surface area contributed by atoms with Gasteiger partial charge in [-0.1, -0.05) is 342 Å². The summed E-state index contributed by atoms with van der Waals surface area (Å²) in [5.41, 5.74) is 22.3. The number of rotatable bonds is 80. The Morgan fingerprint density at radius 2 is 0.486 bits per heavy atom. The van der Waals surface area contributed by atoms with E-state index in [1.54, 1.807) is 24.9 Å². The van der Waals surface area contributed by atoms with E-state index in [2.05, 4.69) is 85.8 Å². The Balaban J connectivity index is 6.14. The number of nitrogens with zero attached hydrogens (tertiary/aromatic N) is 4. The first-order valence-corrected chi connectivity index (χ1v) is 44.0. The lowest BCUT2D eigenvalue weighted by molar-refractivity contribution is -0.133. The minimum absolute atomic E-state index is 0.0818. The number of hydrazone groups is 4. The molecule has 20 heteroatoms. The molecule has 0 aromatic heterocycles. The molecular weight excluding hydrogens is 1320 g/mol. The Morgan fingerprint density at radius 3 is 0.762 bits per heavy atom. The molecule has 0 aromatic rings. The number of carbonyl (C=O) groups is 7. The molecule has 0 heterocycles. The van der Waals surface area contributed by atoms with Crippen molar-refractivity contribution in [3.63, 3.8) is 0 Å². The standard InChI is InChI=1S/C85H163N13O7/c1-5-9-13-17-21-25-29-33-37-41-45-49-53-59-71-88-95-80(100)68-65-77(84(104)97-90-73-61-55-51-47-43-39-35-31-27-23-19-15-11-7-3)92-79(99)67-64-76(93-82(102)75(87)63-57-58-70-86)83(103)94-78(85(105)98-91-74-62-56-52-48-44-40-36-32-28-24-20-16-12-8-4)66-69-81(101)96-89-72-60-54-50-46-42-38-34-30-26-22-18-14-10-6-2/h71-78H,5-70,86-87H2,1-4H3,(H,92,99)(H,93,102)(H,94,103)(H,95,100)(H,96,101)(H,97,104)(H,98,105)/b88-71+,89-72+,90-73+,91-74+/t75-,76-,77-,78-/m0/s1. The average molecular weight is 1480 g/mol. The highest BCUT2D eigenvalue weighted by molar-refractivity contribution is 5.94. The van der Waals surface area contributed by atoms with E-state index in [9.17, 15) is 33.6 Å². The minimum atomic E-state index is -1.38. The normalized spacial score (nSPS) is 12.9. The second-order valence-corrected chi connectivity index (χ2v) is 30.1. The summed E-state index contributed by atoms with van der Waals surface area (Å²) < 4.78 is 0. The predicted molar refractivity (Wildman–Crippen MR) is 442 cm³/mol. The second kappa shape index (κ2) is 79.9. The molecule has 0 fully saturated rings. The van der Waals surface area contributed by atoms with Gasteiger partial charge < -0.3 is 27.4 Å². The van der Waals surface area contributed by atoms with Gasteiger partial charge in [-0.05, 0) is 90.0 Å². The van der Waals surface area contributed by atoms with Crippen LogP contribution in [0.5, 0.6) is 0 Å². The second-order valence-electron chi connectivity index (χ2n) is 30.1. The van der Waals surface area contributed by atoms with Crippen molar-refractivity contribution in [2.45, 2.75) is 469 Å². The molecule has 0 aliphatic carbocycles. The first-order chi connectivity index (χ1) is 51.4. The van der Waals surface area contributed by atoms with Gasteiger partial charge in [-0.15, -0.1) is 0 Å². The minimum Gasteiger partial charge on any atom is -0.344 e. The van der Waals surface area contributed by atoms with Gasteiger partial charge >= 0.3 is 0 Å². The molecule has 0 rings (SSSR count). The van der Waals surface area contributed by atoms with E-state index in [1.165, 1.54) is 270 Å². The maximum atomic E-state index is 14.5. The zero-order valence-corrected chi connectivity index (χ0v) is 68.1. The van der Waals surface area contributed by atoms with Crippen LogP contribution in [0, 0.1) is 0 Å². The largest absolute Gasteiger partial charge is 0.344 e. The summed E-state index contributed by atoms with van der Waals surface area (Å²) in [5.74, 6) is -4.26. The Morgan fingerprint density at radius 1 is 0.257 bits per heavy atom. The molecule has 7 amide bonds. The van der Waals surface area contributed by atoms with Crippen molar-refractivity contribution < 1.29 is 33.6 Å². The highest BCUT2D eigenvalue weighted by Crippen LogP contribution is 2.18. The number of hydrogen-bond acceptors (Lipinski definition) is 13. The van der Waals surface area contributed by atoms with Crippen molar-refractivity contribution in [1.29, 1.82) is 0 Å². The van der Waals surface area contributed by atoms with Crippen LogP contribution < -0.4 is 49.1 Å². The summed E-state index contributed by atoms with van der Waals surface area (Å²) >= 11 is 0. The summed E-state index contributed by atoms with van der Waals surface area (Å²) in [6, 6.07) is -4.87. The van der Waals surface area contributed by atoms with Gasteiger partial charge in [0.05, 0.1) is 6.04 Å². The Labute approximate surface area is 642 Å². The molecule has 20 nitrogen and oxygen atoms in total. The molecule has 0 aliphatic heterocycles. The summed E-state index contributed by atoms with van der Waals surface area (Å²) in [5, 5.41) is 24.9. The van der Waals surface area contributed by atoms with Crippen molar-refractivity contribution in [2.24, 2.45) is 31.9 Å². The van der Waals surface area contributed by atoms with Crippen molar-refractivity contribution in [3.05, 3.63) is 0 Å². The van der Waals surface area contributed by atoms with Crippen molar-refractivity contribution in [1.82, 2.24) is 37.7 Å². The van der Waals surface area contributed by atoms with Gasteiger partial charge in [0.1, 0.15) is 18.1 Å². The first kappa shape index (κ1) is 99.9. The number of amides is 7. The maximum absolute atomic E-state index is 14.5. The predicted octanol–water partition coefficient (Wildman–Crippen LogP) is 19.6. The molecular formula is C85H163N13O7. The number of carbonyl (C=O) groups excluding carboxylic acids is 7. The van der Waals surface area contributed by atoms with E-state index < -0.39 is 65.5 Å². The molecule has 0 radical (unpaired) electrons. The lowest BCUT2D eigenvalue weighted by atomic mass is 10.0. The van der Waals surface area contributed by atoms with Crippen molar-refractivity contribution in [3.8, 4) is 0 Å². The molecule has 11 N–H and O–H groups in total. The molecule has 105 heavy (non-hydrogen) atoms. The zero-order valence-electron chi connectivity index (χ0n) is 68.1. The van der Waals surface area contributed by atoms with Crippen molar-refractivity contribution in [2.75, 3.05) is 6.54 Å². The van der Waals surface area contributed by atoms with E-state index in [-0.39, 0.29) is 44.9 Å². The number of hydrogen-bond donors (Lipinski definition) is 9. The summed E-state index contributed by atoms with van der Waals surface area (Å²) in [4.78, 5) is 96.4. The molecule has 0 saturated carbocycles. The third kappa shape index (κ3) is 70.3. The summed E-state index contributed by atoms with van der Waals surface area (Å²) in [6.45, 7) is 9.41. The maximum Gasteiger partial charge on any atom is 0.262 e. The van der Waals surface area contributed by atoms with Crippen LogP contribution in [-0.4, -0.2) is 96.9 Å². The van der Waals surface area contributed by atoms with Gasteiger partial charge in [0.25, 0.3) is 11.8 Å². The quantitative estimate of drug-likeness (QED) is 0.0159. The fraction of sp³-hybridized carbons (Fsp3) is 0.871. The molecule has 0 spiro atoms. The van der Waals surface area contributed by atoms with E-state index in [1.807, 2.05) is 0 Å². The van der Waals surface area contributed by atoms with Crippen LogP contribution in [0.1, 0.15) is 445 Å². The fourth-order valence-corrected chi connectivity index (χ4v) is 13.1. The van der Waals surface area contributed by atoms with Crippen LogP contribution in [0.3, 0.4) is 0 Å². The SMILES string of the molecule is CCCCCCCCCCCCCCC/C=N/NC(=O)CC[C@H](NC(=O)CC[C@H](NC(=O)[C@@H](N)CCCCN)C(=O)N[C@@H](CCC(=O)N/N=C/CCCCCCCCCCCCCCC)C(=O)N/N=C/CCCCCCCCCCCCCCC)C(=O)N/N=C/CCCCCCCCCCCCCCC. The van der Waals surface area contributed by atoms with E-state index in [4.69, 9.17) is 11.5 Å². The molecule has 0 unspecified atom stereocenters. The third-order valence-electron chi connectivity index (χ3n) is 20.0. The molecule has 0 aromatic carbocycles. The molecule has 610 valence electrons. The molecule has 0 aliphatic rings. The first-order valence-electron chi connectivity index (χ1n) is 44.0. The Kier molecular flexibility index (Phi) is 76.0. The summed E-state index contributed by atoms with van der Waals surface area (Å²) in [6.07, 6.45) is 74.6. The van der Waals surface area contributed by atoms with Crippen LogP contribution in [0.2, 0.25) is 0 Å². The smallest absolute Gasteiger partial charge is 0.262 e. The topological polar surface area (TPSA) is 305 Å².